The number of hydrogen-bond donors (Lipinski definition) is 1. The van der Waals surface area contributed by atoms with Gasteiger partial charge in [-0.15, -0.1) is 11.3 Å². The van der Waals surface area contributed by atoms with Crippen LogP contribution in [-0.4, -0.2) is 36.4 Å². The summed E-state index contributed by atoms with van der Waals surface area (Å²) in [6.07, 6.45) is 0. The van der Waals surface area contributed by atoms with Gasteiger partial charge in [-0.3, -0.25) is 0 Å². The van der Waals surface area contributed by atoms with Gasteiger partial charge in [0, 0.05) is 13.1 Å². The molecule has 0 atom stereocenters. The first-order valence-electron chi connectivity index (χ1n) is 3.83. The highest BCUT2D eigenvalue weighted by molar-refractivity contribution is 7.13. The van der Waals surface area contributed by atoms with Crippen LogP contribution in [0.4, 0.5) is 5.13 Å². The number of thiazole rings is 1. The molecule has 0 amide bonds. The molecule has 5 heteroatoms. The molecule has 1 aliphatic heterocycles. The van der Waals surface area contributed by atoms with E-state index in [0.29, 0.717) is 0 Å². The zero-order valence-electron chi connectivity index (χ0n) is 6.56. The van der Waals surface area contributed by atoms with Crippen molar-refractivity contribution in [2.24, 2.45) is 0 Å². The molecular weight excluding hydrogens is 176 g/mol. The Morgan fingerprint density at radius 1 is 1.50 bits per heavy atom. The number of anilines is 1. The Morgan fingerprint density at radius 2 is 2.25 bits per heavy atom. The van der Waals surface area contributed by atoms with E-state index in [2.05, 4.69) is 9.88 Å². The summed E-state index contributed by atoms with van der Waals surface area (Å²) in [4.78, 5) is 6.10. The standard InChI is InChI=1S/C7H10N2O2S/c10-6-5-12-7(8-6)9-1-3-11-4-2-9/h5,10H,1-4H2. The normalized spacial score (nSPS) is 18.2. The van der Waals surface area contributed by atoms with Gasteiger partial charge in [0.2, 0.25) is 5.88 Å². The van der Waals surface area contributed by atoms with E-state index in [4.69, 9.17) is 9.84 Å². The summed E-state index contributed by atoms with van der Waals surface area (Å²) >= 11 is 1.47. The van der Waals surface area contributed by atoms with Crippen molar-refractivity contribution in [1.82, 2.24) is 4.98 Å². The molecular formula is C7H10N2O2S. The van der Waals surface area contributed by atoms with Crippen LogP contribution in [0.1, 0.15) is 0 Å². The Morgan fingerprint density at radius 3 is 2.83 bits per heavy atom. The summed E-state index contributed by atoms with van der Waals surface area (Å²) in [5, 5.41) is 11.6. The molecule has 0 unspecified atom stereocenters. The van der Waals surface area contributed by atoms with Gasteiger partial charge in [-0.2, -0.15) is 4.98 Å². The van der Waals surface area contributed by atoms with E-state index >= 15 is 0 Å². The topological polar surface area (TPSA) is 45.6 Å². The van der Waals surface area contributed by atoms with Crippen LogP contribution in [0.25, 0.3) is 0 Å². The quantitative estimate of drug-likeness (QED) is 0.700. The molecule has 66 valence electrons. The number of nitrogens with zero attached hydrogens (tertiary/aromatic N) is 2. The fourth-order valence-corrected chi connectivity index (χ4v) is 1.90. The van der Waals surface area contributed by atoms with Crippen molar-refractivity contribution in [3.05, 3.63) is 5.38 Å². The third kappa shape index (κ3) is 1.51. The minimum absolute atomic E-state index is 0.112. The van der Waals surface area contributed by atoms with Gasteiger partial charge in [0.25, 0.3) is 0 Å². The van der Waals surface area contributed by atoms with Crippen LogP contribution in [0.3, 0.4) is 0 Å². The molecule has 0 bridgehead atoms. The van der Waals surface area contributed by atoms with Gasteiger partial charge in [0.1, 0.15) is 0 Å². The predicted molar refractivity (Wildman–Crippen MR) is 46.8 cm³/mol. The van der Waals surface area contributed by atoms with E-state index in [1.165, 1.54) is 11.3 Å². The van der Waals surface area contributed by atoms with Crippen LogP contribution >= 0.6 is 11.3 Å². The number of aromatic hydroxyl groups is 1. The first-order chi connectivity index (χ1) is 5.86. The van der Waals surface area contributed by atoms with Gasteiger partial charge in [-0.25, -0.2) is 0 Å². The third-order valence-corrected chi connectivity index (χ3v) is 2.65. The lowest BCUT2D eigenvalue weighted by atomic mass is 10.5. The molecule has 1 aromatic heterocycles. The van der Waals surface area contributed by atoms with Gasteiger partial charge >= 0.3 is 0 Å². The zero-order valence-corrected chi connectivity index (χ0v) is 7.38. The second-order valence-electron chi connectivity index (χ2n) is 2.59. The summed E-state index contributed by atoms with van der Waals surface area (Å²) < 4.78 is 5.20. The summed E-state index contributed by atoms with van der Waals surface area (Å²) in [7, 11) is 0. The van der Waals surface area contributed by atoms with Crippen molar-refractivity contribution < 1.29 is 9.84 Å². The van der Waals surface area contributed by atoms with E-state index in [1.807, 2.05) is 0 Å². The first kappa shape index (κ1) is 7.82. The lowest BCUT2D eigenvalue weighted by Gasteiger charge is -2.25. The molecule has 2 rings (SSSR count). The molecule has 0 aliphatic carbocycles. The van der Waals surface area contributed by atoms with Crippen LogP contribution in [0, 0.1) is 0 Å². The SMILES string of the molecule is Oc1csc(N2CCOCC2)n1. The Hall–Kier alpha value is -0.810. The summed E-state index contributed by atoms with van der Waals surface area (Å²) in [6, 6.07) is 0. The molecule has 0 aromatic carbocycles. The fourth-order valence-electron chi connectivity index (χ4n) is 1.16. The first-order valence-corrected chi connectivity index (χ1v) is 4.71. The summed E-state index contributed by atoms with van der Waals surface area (Å²) in [5.74, 6) is 0.112. The third-order valence-electron chi connectivity index (χ3n) is 1.76. The number of morpholine rings is 1. The predicted octanol–water partition coefficient (Wildman–Crippen LogP) is 0.685. The maximum absolute atomic E-state index is 9.03. The van der Waals surface area contributed by atoms with Gasteiger partial charge in [-0.05, 0) is 0 Å². The average Bonchev–Trinajstić information content (AvgIpc) is 2.54. The van der Waals surface area contributed by atoms with Crippen molar-refractivity contribution in [2.75, 3.05) is 31.2 Å². The summed E-state index contributed by atoms with van der Waals surface area (Å²) in [6.45, 7) is 3.24. The van der Waals surface area contributed by atoms with Gasteiger partial charge in [-0.1, -0.05) is 0 Å². The fraction of sp³-hybridized carbons (Fsp3) is 0.571. The van der Waals surface area contributed by atoms with E-state index in [1.54, 1.807) is 5.38 Å². The smallest absolute Gasteiger partial charge is 0.223 e. The van der Waals surface area contributed by atoms with Crippen LogP contribution < -0.4 is 4.90 Å². The van der Waals surface area contributed by atoms with Gasteiger partial charge < -0.3 is 14.7 Å². The Kier molecular flexibility index (Phi) is 2.14. The maximum Gasteiger partial charge on any atom is 0.223 e. The minimum atomic E-state index is 0.112. The lowest BCUT2D eigenvalue weighted by Crippen LogP contribution is -2.36. The second-order valence-corrected chi connectivity index (χ2v) is 3.42. The zero-order chi connectivity index (χ0) is 8.39. The van der Waals surface area contributed by atoms with Gasteiger partial charge in [0.15, 0.2) is 5.13 Å². The molecule has 1 aliphatic rings. The number of ether oxygens (including phenoxy) is 1. The van der Waals surface area contributed by atoms with Crippen LogP contribution in [0.5, 0.6) is 5.88 Å². The highest BCUT2D eigenvalue weighted by Gasteiger charge is 2.13. The number of aromatic nitrogens is 1. The average molecular weight is 186 g/mol. The summed E-state index contributed by atoms with van der Waals surface area (Å²) in [5.41, 5.74) is 0. The maximum atomic E-state index is 9.03. The minimum Gasteiger partial charge on any atom is -0.493 e. The number of hydrogen-bond acceptors (Lipinski definition) is 5. The van der Waals surface area contributed by atoms with Crippen molar-refractivity contribution in [2.45, 2.75) is 0 Å². The monoisotopic (exact) mass is 186 g/mol. The molecule has 1 saturated heterocycles. The van der Waals surface area contributed by atoms with Crippen molar-refractivity contribution in [3.8, 4) is 5.88 Å². The molecule has 2 heterocycles. The van der Waals surface area contributed by atoms with Crippen molar-refractivity contribution in [3.63, 3.8) is 0 Å². The lowest BCUT2D eigenvalue weighted by molar-refractivity contribution is 0.122. The van der Waals surface area contributed by atoms with Gasteiger partial charge in [0.05, 0.1) is 18.6 Å². The molecule has 1 fully saturated rings. The van der Waals surface area contributed by atoms with Crippen LogP contribution in [-0.2, 0) is 4.74 Å². The van der Waals surface area contributed by atoms with Crippen molar-refractivity contribution in [1.29, 1.82) is 0 Å². The Balaban J connectivity index is 2.08. The highest BCUT2D eigenvalue weighted by atomic mass is 32.1. The van der Waals surface area contributed by atoms with E-state index in [9.17, 15) is 0 Å². The second kappa shape index (κ2) is 3.28. The molecule has 12 heavy (non-hydrogen) atoms. The van der Waals surface area contributed by atoms with E-state index < -0.39 is 0 Å². The highest BCUT2D eigenvalue weighted by Crippen LogP contribution is 2.24. The molecule has 0 radical (unpaired) electrons. The number of rotatable bonds is 1. The van der Waals surface area contributed by atoms with Crippen molar-refractivity contribution >= 4 is 16.5 Å². The molecule has 0 spiro atoms. The largest absolute Gasteiger partial charge is 0.493 e. The molecule has 4 nitrogen and oxygen atoms in total. The van der Waals surface area contributed by atoms with E-state index in [0.717, 1.165) is 31.4 Å². The van der Waals surface area contributed by atoms with Crippen LogP contribution in [0.15, 0.2) is 5.38 Å². The molecule has 1 aromatic rings. The molecule has 0 saturated carbocycles. The molecule has 1 N–H and O–H groups in total. The van der Waals surface area contributed by atoms with E-state index in [-0.39, 0.29) is 5.88 Å². The Labute approximate surface area is 74.4 Å². The Bertz CT molecular complexity index is 258. The van der Waals surface area contributed by atoms with Crippen LogP contribution in [0.2, 0.25) is 0 Å².